The summed E-state index contributed by atoms with van der Waals surface area (Å²) in [5.41, 5.74) is 9.46. The van der Waals surface area contributed by atoms with Gasteiger partial charge in [0, 0.05) is 17.4 Å². The molecule has 0 aromatic heterocycles. The van der Waals surface area contributed by atoms with Gasteiger partial charge in [-0.15, -0.1) is 0 Å². The molecule has 0 radical (unpaired) electrons. The second kappa shape index (κ2) is 5.52. The maximum atomic E-state index is 5.90. The smallest absolute Gasteiger partial charge is 0.142 e. The number of nitrogens with one attached hydrogen (secondary N) is 1. The molecule has 100 valence electrons. The minimum Gasteiger partial charge on any atom is -0.497 e. The molecule has 3 N–H and O–H groups in total. The molecule has 0 saturated carbocycles. The van der Waals surface area contributed by atoms with Gasteiger partial charge in [-0.3, -0.25) is 0 Å². The first-order valence-corrected chi connectivity index (χ1v) is 6.00. The molecule has 2 rings (SSSR count). The zero-order valence-corrected chi connectivity index (χ0v) is 11.4. The normalized spacial score (nSPS) is 10.1. The molecule has 0 spiro atoms. The fraction of sp³-hybridized carbons (Fsp3) is 0.200. The number of methoxy groups -OCH3 is 2. The first-order valence-electron chi connectivity index (χ1n) is 6.00. The number of anilines is 3. The van der Waals surface area contributed by atoms with Gasteiger partial charge in [-0.1, -0.05) is 6.07 Å². The SMILES string of the molecule is COc1ccc(OC)c(Nc2cccc(N)c2C)c1. The highest BCUT2D eigenvalue weighted by atomic mass is 16.5. The van der Waals surface area contributed by atoms with E-state index >= 15 is 0 Å². The summed E-state index contributed by atoms with van der Waals surface area (Å²) in [4.78, 5) is 0. The van der Waals surface area contributed by atoms with Crippen LogP contribution in [0.15, 0.2) is 36.4 Å². The van der Waals surface area contributed by atoms with Crippen molar-refractivity contribution in [1.29, 1.82) is 0 Å². The number of nitrogens with two attached hydrogens (primary N) is 1. The van der Waals surface area contributed by atoms with Gasteiger partial charge in [0.1, 0.15) is 11.5 Å². The van der Waals surface area contributed by atoms with E-state index in [4.69, 9.17) is 15.2 Å². The lowest BCUT2D eigenvalue weighted by atomic mass is 10.1. The molecule has 4 heteroatoms. The molecule has 0 aliphatic carbocycles. The summed E-state index contributed by atoms with van der Waals surface area (Å²) in [7, 11) is 3.27. The molecule has 0 unspecified atom stereocenters. The minimum absolute atomic E-state index is 0.752. The Balaban J connectivity index is 2.39. The van der Waals surface area contributed by atoms with Gasteiger partial charge in [-0.05, 0) is 36.8 Å². The van der Waals surface area contributed by atoms with Crippen LogP contribution >= 0.6 is 0 Å². The molecule has 0 bridgehead atoms. The maximum absolute atomic E-state index is 5.90. The van der Waals surface area contributed by atoms with Gasteiger partial charge in [0.25, 0.3) is 0 Å². The maximum Gasteiger partial charge on any atom is 0.142 e. The lowest BCUT2D eigenvalue weighted by Gasteiger charge is -2.15. The van der Waals surface area contributed by atoms with Crippen molar-refractivity contribution >= 4 is 17.1 Å². The average molecular weight is 258 g/mol. The Kier molecular flexibility index (Phi) is 3.80. The molecule has 0 saturated heterocycles. The van der Waals surface area contributed by atoms with Crippen LogP contribution < -0.4 is 20.5 Å². The van der Waals surface area contributed by atoms with E-state index in [1.54, 1.807) is 14.2 Å². The fourth-order valence-electron chi connectivity index (χ4n) is 1.85. The summed E-state index contributed by atoms with van der Waals surface area (Å²) in [6.45, 7) is 1.98. The molecular weight excluding hydrogens is 240 g/mol. The summed E-state index contributed by atoms with van der Waals surface area (Å²) in [5.74, 6) is 1.52. The van der Waals surface area contributed by atoms with Crippen molar-refractivity contribution in [3.05, 3.63) is 42.0 Å². The van der Waals surface area contributed by atoms with E-state index in [-0.39, 0.29) is 0 Å². The van der Waals surface area contributed by atoms with Crippen LogP contribution in [0.25, 0.3) is 0 Å². The molecule has 0 heterocycles. The summed E-state index contributed by atoms with van der Waals surface area (Å²) < 4.78 is 10.6. The lowest BCUT2D eigenvalue weighted by molar-refractivity contribution is 0.405. The molecule has 0 atom stereocenters. The standard InChI is InChI=1S/C15H18N2O2/c1-10-12(16)5-4-6-13(10)17-14-9-11(18-2)7-8-15(14)19-3/h4-9,17H,16H2,1-3H3. The molecular formula is C15H18N2O2. The zero-order chi connectivity index (χ0) is 13.8. The molecule has 0 amide bonds. The van der Waals surface area contributed by atoms with Gasteiger partial charge < -0.3 is 20.5 Å². The summed E-state index contributed by atoms with van der Waals surface area (Å²) in [5, 5.41) is 3.32. The van der Waals surface area contributed by atoms with Crippen molar-refractivity contribution in [1.82, 2.24) is 0 Å². The first kappa shape index (κ1) is 13.1. The average Bonchev–Trinajstić information content (AvgIpc) is 2.43. The Labute approximate surface area is 113 Å². The Bertz CT molecular complexity index is 582. The number of nitrogen functional groups attached to an aromatic ring is 1. The number of rotatable bonds is 4. The fourth-order valence-corrected chi connectivity index (χ4v) is 1.85. The van der Waals surface area contributed by atoms with Crippen molar-refractivity contribution in [2.75, 3.05) is 25.3 Å². The summed E-state index contributed by atoms with van der Waals surface area (Å²) >= 11 is 0. The third-order valence-corrected chi connectivity index (χ3v) is 3.05. The Morgan fingerprint density at radius 2 is 1.79 bits per heavy atom. The number of benzene rings is 2. The van der Waals surface area contributed by atoms with Gasteiger partial charge in [0.15, 0.2) is 0 Å². The highest BCUT2D eigenvalue weighted by molar-refractivity contribution is 5.73. The van der Waals surface area contributed by atoms with E-state index in [1.165, 1.54) is 0 Å². The van der Waals surface area contributed by atoms with E-state index in [0.717, 1.165) is 34.1 Å². The Morgan fingerprint density at radius 3 is 2.47 bits per heavy atom. The Hall–Kier alpha value is -2.36. The molecule has 0 aliphatic heterocycles. The molecule has 19 heavy (non-hydrogen) atoms. The summed E-state index contributed by atoms with van der Waals surface area (Å²) in [6.07, 6.45) is 0. The zero-order valence-electron chi connectivity index (χ0n) is 11.4. The monoisotopic (exact) mass is 258 g/mol. The second-order valence-electron chi connectivity index (χ2n) is 4.21. The first-order chi connectivity index (χ1) is 9.15. The van der Waals surface area contributed by atoms with Gasteiger partial charge in [0.05, 0.1) is 19.9 Å². The third kappa shape index (κ3) is 2.73. The molecule has 2 aromatic rings. The van der Waals surface area contributed by atoms with Crippen LogP contribution in [-0.2, 0) is 0 Å². The molecule has 0 aliphatic rings. The van der Waals surface area contributed by atoms with Gasteiger partial charge in [0.2, 0.25) is 0 Å². The van der Waals surface area contributed by atoms with E-state index in [1.807, 2.05) is 43.3 Å². The van der Waals surface area contributed by atoms with Crippen molar-refractivity contribution in [2.24, 2.45) is 0 Å². The van der Waals surface area contributed by atoms with E-state index in [9.17, 15) is 0 Å². The predicted molar refractivity (Wildman–Crippen MR) is 78.4 cm³/mol. The third-order valence-electron chi connectivity index (χ3n) is 3.05. The van der Waals surface area contributed by atoms with Crippen molar-refractivity contribution in [3.8, 4) is 11.5 Å². The lowest BCUT2D eigenvalue weighted by Crippen LogP contribution is -1.99. The predicted octanol–water partition coefficient (Wildman–Crippen LogP) is 3.34. The largest absolute Gasteiger partial charge is 0.497 e. The van der Waals surface area contributed by atoms with Gasteiger partial charge in [-0.2, -0.15) is 0 Å². The van der Waals surface area contributed by atoms with Crippen LogP contribution in [-0.4, -0.2) is 14.2 Å². The van der Waals surface area contributed by atoms with Crippen LogP contribution in [0, 0.1) is 6.92 Å². The number of hydrogen-bond acceptors (Lipinski definition) is 4. The van der Waals surface area contributed by atoms with Crippen LogP contribution in [0.4, 0.5) is 17.1 Å². The van der Waals surface area contributed by atoms with Crippen LogP contribution in [0.3, 0.4) is 0 Å². The van der Waals surface area contributed by atoms with Crippen molar-refractivity contribution in [2.45, 2.75) is 6.92 Å². The number of ether oxygens (including phenoxy) is 2. The van der Waals surface area contributed by atoms with E-state index in [2.05, 4.69) is 5.32 Å². The van der Waals surface area contributed by atoms with Crippen molar-refractivity contribution < 1.29 is 9.47 Å². The van der Waals surface area contributed by atoms with Crippen molar-refractivity contribution in [3.63, 3.8) is 0 Å². The highest BCUT2D eigenvalue weighted by Crippen LogP contribution is 2.33. The molecule has 0 fully saturated rings. The quantitative estimate of drug-likeness (QED) is 0.826. The van der Waals surface area contributed by atoms with Gasteiger partial charge >= 0.3 is 0 Å². The van der Waals surface area contributed by atoms with Crippen LogP contribution in [0.2, 0.25) is 0 Å². The van der Waals surface area contributed by atoms with E-state index < -0.39 is 0 Å². The van der Waals surface area contributed by atoms with Crippen LogP contribution in [0.5, 0.6) is 11.5 Å². The summed E-state index contributed by atoms with van der Waals surface area (Å²) in [6, 6.07) is 11.4. The van der Waals surface area contributed by atoms with Gasteiger partial charge in [-0.25, -0.2) is 0 Å². The van der Waals surface area contributed by atoms with Crippen LogP contribution in [0.1, 0.15) is 5.56 Å². The second-order valence-corrected chi connectivity index (χ2v) is 4.21. The Morgan fingerprint density at radius 1 is 1.00 bits per heavy atom. The minimum atomic E-state index is 0.752. The topological polar surface area (TPSA) is 56.5 Å². The molecule has 2 aromatic carbocycles. The molecule has 4 nitrogen and oxygen atoms in total. The highest BCUT2D eigenvalue weighted by Gasteiger charge is 2.07. The number of hydrogen-bond donors (Lipinski definition) is 2. The van der Waals surface area contributed by atoms with E-state index in [0.29, 0.717) is 0 Å².